The van der Waals surface area contributed by atoms with Crippen LogP contribution in [0.4, 0.5) is 5.00 Å². The van der Waals surface area contributed by atoms with E-state index in [9.17, 15) is 4.79 Å². The van der Waals surface area contributed by atoms with Crippen LogP contribution < -0.4 is 10.6 Å². The van der Waals surface area contributed by atoms with Crippen LogP contribution in [0.3, 0.4) is 0 Å². The normalized spacial score (nSPS) is 18.7. The lowest BCUT2D eigenvalue weighted by Crippen LogP contribution is -2.39. The number of fused-ring (bicyclic) bond motifs is 3. The van der Waals surface area contributed by atoms with E-state index in [2.05, 4.69) is 29.4 Å². The van der Waals surface area contributed by atoms with Gasteiger partial charge in [0, 0.05) is 39.6 Å². The van der Waals surface area contributed by atoms with Gasteiger partial charge >= 0.3 is 0 Å². The number of halogens is 2. The van der Waals surface area contributed by atoms with Crippen molar-refractivity contribution in [2.75, 3.05) is 11.9 Å². The van der Waals surface area contributed by atoms with E-state index in [0.29, 0.717) is 27.6 Å². The Bertz CT molecular complexity index is 1120. The summed E-state index contributed by atoms with van der Waals surface area (Å²) in [5.41, 5.74) is 2.77. The van der Waals surface area contributed by atoms with Crippen molar-refractivity contribution in [1.29, 1.82) is 0 Å². The highest BCUT2D eigenvalue weighted by Gasteiger charge is 2.34. The van der Waals surface area contributed by atoms with Crippen molar-refractivity contribution in [1.82, 2.24) is 10.2 Å². The Kier molecular flexibility index (Phi) is 5.06. The molecule has 0 unspecified atom stereocenters. The summed E-state index contributed by atoms with van der Waals surface area (Å²) in [7, 11) is 0. The maximum Gasteiger partial charge on any atom is 0.256 e. The summed E-state index contributed by atoms with van der Waals surface area (Å²) in [6, 6.07) is 9.50. The van der Waals surface area contributed by atoms with E-state index in [1.807, 2.05) is 12.1 Å². The predicted octanol–water partition coefficient (Wildman–Crippen LogP) is 5.94. The van der Waals surface area contributed by atoms with Gasteiger partial charge in [-0.2, -0.15) is 0 Å². The van der Waals surface area contributed by atoms with Crippen LogP contribution in [0.5, 0.6) is 0 Å². The Balaban J connectivity index is 1.42. The van der Waals surface area contributed by atoms with E-state index in [0.717, 1.165) is 35.6 Å². The molecule has 5 nitrogen and oxygen atoms in total. The van der Waals surface area contributed by atoms with Gasteiger partial charge in [0.2, 0.25) is 0 Å². The molecule has 0 fully saturated rings. The van der Waals surface area contributed by atoms with Crippen LogP contribution in [-0.2, 0) is 13.0 Å². The average molecular weight is 462 g/mol. The van der Waals surface area contributed by atoms with Crippen molar-refractivity contribution in [3.05, 3.63) is 62.1 Å². The van der Waals surface area contributed by atoms with Gasteiger partial charge in [-0.15, -0.1) is 11.3 Å². The zero-order valence-corrected chi connectivity index (χ0v) is 18.9. The third-order valence-electron chi connectivity index (χ3n) is 5.65. The lowest BCUT2D eigenvalue weighted by Gasteiger charge is -2.30. The van der Waals surface area contributed by atoms with Gasteiger partial charge in [0.1, 0.15) is 16.5 Å². The van der Waals surface area contributed by atoms with Gasteiger partial charge in [-0.05, 0) is 56.2 Å². The number of hydrogen-bond donors (Lipinski definition) is 2. The number of hydrogen-bond acceptors (Lipinski definition) is 5. The highest BCUT2D eigenvalue weighted by Crippen LogP contribution is 2.41. The topological polar surface area (TPSA) is 57.5 Å². The zero-order valence-electron chi connectivity index (χ0n) is 16.6. The summed E-state index contributed by atoms with van der Waals surface area (Å²) in [5, 5.41) is 8.51. The monoisotopic (exact) mass is 461 g/mol. The first-order valence-corrected chi connectivity index (χ1v) is 11.5. The maximum atomic E-state index is 12.9. The molecule has 4 heterocycles. The van der Waals surface area contributed by atoms with E-state index in [4.69, 9.17) is 27.6 Å². The quantitative estimate of drug-likeness (QED) is 0.506. The SMILES string of the molecule is CC(C)N1CCc2c(sc3c2C(=O)N[C@@H](c2ccc(-c4cc(Cl)cc(Cl)c4)o2)N3)C1. The Morgan fingerprint density at radius 2 is 1.93 bits per heavy atom. The van der Waals surface area contributed by atoms with E-state index in [1.54, 1.807) is 29.5 Å². The second-order valence-corrected chi connectivity index (χ2v) is 9.91. The van der Waals surface area contributed by atoms with Gasteiger partial charge < -0.3 is 15.1 Å². The predicted molar refractivity (Wildman–Crippen MR) is 122 cm³/mol. The summed E-state index contributed by atoms with van der Waals surface area (Å²) < 4.78 is 6.03. The van der Waals surface area contributed by atoms with E-state index in [-0.39, 0.29) is 5.91 Å². The summed E-state index contributed by atoms with van der Waals surface area (Å²) in [5.74, 6) is 1.23. The molecular weight excluding hydrogens is 441 g/mol. The van der Waals surface area contributed by atoms with Gasteiger partial charge in [-0.25, -0.2) is 0 Å². The molecule has 2 aliphatic heterocycles. The lowest BCUT2D eigenvalue weighted by atomic mass is 10.0. The van der Waals surface area contributed by atoms with Crippen molar-refractivity contribution in [3.63, 3.8) is 0 Å². The molecule has 1 aromatic carbocycles. The second kappa shape index (κ2) is 7.61. The minimum Gasteiger partial charge on any atom is -0.457 e. The molecular formula is C22H21Cl2N3O2S. The molecule has 8 heteroatoms. The first kappa shape index (κ1) is 19.9. The summed E-state index contributed by atoms with van der Waals surface area (Å²) in [6.45, 7) is 6.29. The molecule has 2 aromatic heterocycles. The number of carbonyl (C=O) groups excluding carboxylic acids is 1. The number of amides is 1. The summed E-state index contributed by atoms with van der Waals surface area (Å²) >= 11 is 13.9. The molecule has 1 atom stereocenters. The van der Waals surface area contributed by atoms with Crippen molar-refractivity contribution >= 4 is 45.4 Å². The number of nitrogens with one attached hydrogen (secondary N) is 2. The Morgan fingerprint density at radius 1 is 1.17 bits per heavy atom. The number of nitrogens with zero attached hydrogens (tertiary/aromatic N) is 1. The van der Waals surface area contributed by atoms with E-state index in [1.165, 1.54) is 10.4 Å². The lowest BCUT2D eigenvalue weighted by molar-refractivity contribution is 0.0930. The van der Waals surface area contributed by atoms with Crippen LogP contribution in [0, 0.1) is 0 Å². The highest BCUT2D eigenvalue weighted by molar-refractivity contribution is 7.16. The van der Waals surface area contributed by atoms with Gasteiger partial charge in [0.05, 0.1) is 5.56 Å². The molecule has 5 rings (SSSR count). The molecule has 0 saturated carbocycles. The zero-order chi connectivity index (χ0) is 21.0. The highest BCUT2D eigenvalue weighted by atomic mass is 35.5. The molecule has 30 heavy (non-hydrogen) atoms. The molecule has 0 radical (unpaired) electrons. The standard InChI is InChI=1S/C22H21Cl2N3O2S/c1-11(2)27-6-5-15-18(10-27)30-22-19(15)21(28)25-20(26-22)17-4-3-16(29-17)12-7-13(23)9-14(24)8-12/h3-4,7-9,11,20,26H,5-6,10H2,1-2H3,(H,25,28)/t20-/m1/s1. The second-order valence-electron chi connectivity index (χ2n) is 7.93. The van der Waals surface area contributed by atoms with Crippen LogP contribution in [0.2, 0.25) is 10.0 Å². The molecule has 2 aliphatic rings. The third-order valence-corrected chi connectivity index (χ3v) is 7.24. The Morgan fingerprint density at radius 3 is 2.67 bits per heavy atom. The Hall–Kier alpha value is -1.99. The maximum absolute atomic E-state index is 12.9. The van der Waals surface area contributed by atoms with Crippen molar-refractivity contribution in [2.45, 2.75) is 39.0 Å². The van der Waals surface area contributed by atoms with Crippen molar-refractivity contribution in [3.8, 4) is 11.3 Å². The van der Waals surface area contributed by atoms with Gasteiger partial charge in [0.15, 0.2) is 6.17 Å². The van der Waals surface area contributed by atoms with Gasteiger partial charge in [-0.1, -0.05) is 23.2 Å². The Labute approximate surface area is 189 Å². The number of thiophene rings is 1. The minimum atomic E-state index is -0.422. The third kappa shape index (κ3) is 3.52. The molecule has 2 N–H and O–H groups in total. The molecule has 0 spiro atoms. The number of rotatable bonds is 3. The summed E-state index contributed by atoms with van der Waals surface area (Å²) in [6.07, 6.45) is 0.481. The molecule has 1 amide bonds. The van der Waals surface area contributed by atoms with Crippen LogP contribution in [0.25, 0.3) is 11.3 Å². The molecule has 0 bridgehead atoms. The molecule has 3 aromatic rings. The van der Waals surface area contributed by atoms with E-state index < -0.39 is 6.17 Å². The van der Waals surface area contributed by atoms with E-state index >= 15 is 0 Å². The fraction of sp³-hybridized carbons (Fsp3) is 0.318. The van der Waals surface area contributed by atoms with Gasteiger partial charge in [-0.3, -0.25) is 9.69 Å². The van der Waals surface area contributed by atoms with Gasteiger partial charge in [0.25, 0.3) is 5.91 Å². The van der Waals surface area contributed by atoms with Crippen LogP contribution in [-0.4, -0.2) is 23.4 Å². The van der Waals surface area contributed by atoms with Crippen LogP contribution in [0.15, 0.2) is 34.7 Å². The number of anilines is 1. The number of furan rings is 1. The average Bonchev–Trinajstić information content (AvgIpc) is 3.31. The first-order chi connectivity index (χ1) is 14.4. The first-order valence-electron chi connectivity index (χ1n) is 9.91. The largest absolute Gasteiger partial charge is 0.457 e. The fourth-order valence-electron chi connectivity index (χ4n) is 4.08. The number of carbonyl (C=O) groups is 1. The van der Waals surface area contributed by atoms with Crippen LogP contribution in [0.1, 0.15) is 46.6 Å². The molecule has 0 saturated heterocycles. The molecule has 156 valence electrons. The smallest absolute Gasteiger partial charge is 0.256 e. The number of benzene rings is 1. The van der Waals surface area contributed by atoms with Crippen molar-refractivity contribution in [2.24, 2.45) is 0 Å². The minimum absolute atomic E-state index is 0.0482. The summed E-state index contributed by atoms with van der Waals surface area (Å²) in [4.78, 5) is 16.7. The fourth-order valence-corrected chi connectivity index (χ4v) is 5.90. The van der Waals surface area contributed by atoms with Crippen LogP contribution >= 0.6 is 34.5 Å². The molecule has 0 aliphatic carbocycles. The van der Waals surface area contributed by atoms with Crippen molar-refractivity contribution < 1.29 is 9.21 Å².